The Morgan fingerprint density at radius 2 is 2.04 bits per heavy atom. The van der Waals surface area contributed by atoms with Gasteiger partial charge in [-0.05, 0) is 35.7 Å². The zero-order valence-electron chi connectivity index (χ0n) is 15.2. The van der Waals surface area contributed by atoms with Crippen LogP contribution >= 0.6 is 0 Å². The van der Waals surface area contributed by atoms with E-state index in [2.05, 4.69) is 36.3 Å². The maximum absolute atomic E-state index is 12.4. The number of carbonyl (C=O) groups is 2. The highest BCUT2D eigenvalue weighted by atomic mass is 16.3. The van der Waals surface area contributed by atoms with Crippen molar-refractivity contribution in [2.75, 3.05) is 13.1 Å². The molecule has 3 rings (SSSR count). The predicted octanol–water partition coefficient (Wildman–Crippen LogP) is 2.16. The number of aromatic hydroxyl groups is 1. The summed E-state index contributed by atoms with van der Waals surface area (Å²) in [5.41, 5.74) is 1.78. The van der Waals surface area contributed by atoms with Gasteiger partial charge in [0.15, 0.2) is 0 Å². The molecule has 7 nitrogen and oxygen atoms in total. The number of hydrogen-bond donors (Lipinski definition) is 3. The zero-order chi connectivity index (χ0) is 18.9. The lowest BCUT2D eigenvalue weighted by Gasteiger charge is -2.26. The highest BCUT2D eigenvalue weighted by Gasteiger charge is 2.33. The molecule has 0 aliphatic carbocycles. The number of aromatic amines is 1. The van der Waals surface area contributed by atoms with E-state index < -0.39 is 0 Å². The molecular formula is C19H24N4O3. The molecule has 1 atom stereocenters. The fourth-order valence-electron chi connectivity index (χ4n) is 3.08. The molecule has 1 unspecified atom stereocenters. The van der Waals surface area contributed by atoms with Gasteiger partial charge < -0.3 is 15.3 Å². The molecule has 2 amide bonds. The molecule has 2 heterocycles. The van der Waals surface area contributed by atoms with Crippen LogP contribution in [0.3, 0.4) is 0 Å². The van der Waals surface area contributed by atoms with Crippen molar-refractivity contribution in [3.05, 3.63) is 36.0 Å². The van der Waals surface area contributed by atoms with E-state index in [0.717, 1.165) is 5.56 Å². The Morgan fingerprint density at radius 3 is 2.69 bits per heavy atom. The van der Waals surface area contributed by atoms with Gasteiger partial charge in [-0.2, -0.15) is 5.10 Å². The Kier molecular flexibility index (Phi) is 4.71. The fraction of sp³-hybridized carbons (Fsp3) is 0.421. The van der Waals surface area contributed by atoms with E-state index in [1.807, 2.05) is 0 Å². The molecule has 1 aromatic heterocycles. The van der Waals surface area contributed by atoms with Crippen LogP contribution in [-0.2, 0) is 4.79 Å². The van der Waals surface area contributed by atoms with E-state index in [4.69, 9.17) is 0 Å². The summed E-state index contributed by atoms with van der Waals surface area (Å²) < 4.78 is 0. The SMILES string of the molecule is CC(C)(C)CN1CC(NC(=O)c2cc(-c3ccc(O)cc3)n[nH]2)CC1=O. The second-order valence-corrected chi connectivity index (χ2v) is 7.92. The van der Waals surface area contributed by atoms with Crippen LogP contribution in [0, 0.1) is 5.41 Å². The predicted molar refractivity (Wildman–Crippen MR) is 97.6 cm³/mol. The third kappa shape index (κ3) is 4.22. The van der Waals surface area contributed by atoms with E-state index in [0.29, 0.717) is 30.9 Å². The van der Waals surface area contributed by atoms with Crippen molar-refractivity contribution in [3.8, 4) is 17.0 Å². The van der Waals surface area contributed by atoms with Gasteiger partial charge in [-0.3, -0.25) is 14.7 Å². The van der Waals surface area contributed by atoms with Gasteiger partial charge in [0.05, 0.1) is 11.7 Å². The smallest absolute Gasteiger partial charge is 0.269 e. The largest absolute Gasteiger partial charge is 0.508 e. The first kappa shape index (κ1) is 18.0. The summed E-state index contributed by atoms with van der Waals surface area (Å²) in [7, 11) is 0. The van der Waals surface area contributed by atoms with Crippen LogP contribution < -0.4 is 5.32 Å². The number of phenols is 1. The fourth-order valence-corrected chi connectivity index (χ4v) is 3.08. The first-order valence-corrected chi connectivity index (χ1v) is 8.65. The number of nitrogens with one attached hydrogen (secondary N) is 2. The van der Waals surface area contributed by atoms with Gasteiger partial charge >= 0.3 is 0 Å². The van der Waals surface area contributed by atoms with Crippen LogP contribution in [0.25, 0.3) is 11.3 Å². The number of nitrogens with zero attached hydrogens (tertiary/aromatic N) is 2. The molecule has 2 aromatic rings. The van der Waals surface area contributed by atoms with Crippen LogP contribution in [0.4, 0.5) is 0 Å². The number of likely N-dealkylation sites (tertiary alicyclic amines) is 1. The average molecular weight is 356 g/mol. The Labute approximate surface area is 152 Å². The molecule has 1 aromatic carbocycles. The highest BCUT2D eigenvalue weighted by molar-refractivity contribution is 5.94. The quantitative estimate of drug-likeness (QED) is 0.782. The Balaban J connectivity index is 1.62. The summed E-state index contributed by atoms with van der Waals surface area (Å²) >= 11 is 0. The van der Waals surface area contributed by atoms with Gasteiger partial charge in [0.1, 0.15) is 11.4 Å². The van der Waals surface area contributed by atoms with Crippen LogP contribution in [-0.4, -0.2) is 51.1 Å². The topological polar surface area (TPSA) is 98.3 Å². The van der Waals surface area contributed by atoms with Crippen LogP contribution in [0.5, 0.6) is 5.75 Å². The average Bonchev–Trinajstić information content (AvgIpc) is 3.14. The maximum Gasteiger partial charge on any atom is 0.269 e. The van der Waals surface area contributed by atoms with Gasteiger partial charge in [-0.1, -0.05) is 20.8 Å². The van der Waals surface area contributed by atoms with Crippen molar-refractivity contribution in [1.82, 2.24) is 20.4 Å². The minimum atomic E-state index is -0.280. The number of aromatic nitrogens is 2. The summed E-state index contributed by atoms with van der Waals surface area (Å²) in [6.45, 7) is 7.46. The number of H-pyrrole nitrogens is 1. The van der Waals surface area contributed by atoms with Crippen molar-refractivity contribution in [2.24, 2.45) is 5.41 Å². The normalized spacial score (nSPS) is 17.6. The lowest BCUT2D eigenvalue weighted by atomic mass is 9.96. The summed E-state index contributed by atoms with van der Waals surface area (Å²) in [4.78, 5) is 26.4. The van der Waals surface area contributed by atoms with Gasteiger partial charge in [-0.25, -0.2) is 0 Å². The van der Waals surface area contributed by atoms with Crippen molar-refractivity contribution in [1.29, 1.82) is 0 Å². The van der Waals surface area contributed by atoms with E-state index in [9.17, 15) is 14.7 Å². The summed E-state index contributed by atoms with van der Waals surface area (Å²) in [5, 5.41) is 19.1. The van der Waals surface area contributed by atoms with Gasteiger partial charge in [0, 0.05) is 25.1 Å². The zero-order valence-corrected chi connectivity index (χ0v) is 15.2. The number of phenolic OH excluding ortho intramolecular Hbond substituents is 1. The van der Waals surface area contributed by atoms with Crippen molar-refractivity contribution < 1.29 is 14.7 Å². The minimum absolute atomic E-state index is 0.0248. The molecule has 0 radical (unpaired) electrons. The van der Waals surface area contributed by atoms with Crippen LogP contribution in [0.15, 0.2) is 30.3 Å². The van der Waals surface area contributed by atoms with Crippen molar-refractivity contribution in [2.45, 2.75) is 33.2 Å². The third-order valence-electron chi connectivity index (χ3n) is 4.20. The molecule has 0 bridgehead atoms. The molecule has 138 valence electrons. The molecule has 1 aliphatic rings. The van der Waals surface area contributed by atoms with E-state index in [-0.39, 0.29) is 29.0 Å². The summed E-state index contributed by atoms with van der Waals surface area (Å²) in [6, 6.07) is 8.05. The molecule has 0 spiro atoms. The molecular weight excluding hydrogens is 332 g/mol. The monoisotopic (exact) mass is 356 g/mol. The molecule has 0 saturated carbocycles. The van der Waals surface area contributed by atoms with Crippen molar-refractivity contribution in [3.63, 3.8) is 0 Å². The lowest BCUT2D eigenvalue weighted by Crippen LogP contribution is -2.39. The van der Waals surface area contributed by atoms with Crippen molar-refractivity contribution >= 4 is 11.8 Å². The number of amides is 2. The molecule has 26 heavy (non-hydrogen) atoms. The number of hydrogen-bond acceptors (Lipinski definition) is 4. The number of rotatable bonds is 4. The Hall–Kier alpha value is -2.83. The number of benzene rings is 1. The second-order valence-electron chi connectivity index (χ2n) is 7.92. The summed E-state index contributed by atoms with van der Waals surface area (Å²) in [6.07, 6.45) is 0.320. The first-order chi connectivity index (χ1) is 12.2. The Bertz CT molecular complexity index is 805. The standard InChI is InChI=1S/C19H24N4O3/c1-19(2,3)11-23-10-13(8-17(23)25)20-18(26)16-9-15(21-22-16)12-4-6-14(24)7-5-12/h4-7,9,13,24H,8,10-11H2,1-3H3,(H,20,26)(H,21,22). The lowest BCUT2D eigenvalue weighted by molar-refractivity contribution is -0.128. The second kappa shape index (κ2) is 6.82. The van der Waals surface area contributed by atoms with Gasteiger partial charge in [-0.15, -0.1) is 0 Å². The Morgan fingerprint density at radius 1 is 1.35 bits per heavy atom. The number of carbonyl (C=O) groups excluding carboxylic acids is 2. The highest BCUT2D eigenvalue weighted by Crippen LogP contribution is 2.22. The van der Waals surface area contributed by atoms with Gasteiger partial charge in [0.2, 0.25) is 5.91 Å². The molecule has 1 saturated heterocycles. The molecule has 1 aliphatic heterocycles. The molecule has 1 fully saturated rings. The minimum Gasteiger partial charge on any atom is -0.508 e. The van der Waals surface area contributed by atoms with E-state index in [1.54, 1.807) is 35.2 Å². The maximum atomic E-state index is 12.4. The molecule has 7 heteroatoms. The third-order valence-corrected chi connectivity index (χ3v) is 4.20. The van der Waals surface area contributed by atoms with Crippen LogP contribution in [0.2, 0.25) is 0 Å². The van der Waals surface area contributed by atoms with E-state index in [1.165, 1.54) is 0 Å². The first-order valence-electron chi connectivity index (χ1n) is 8.65. The van der Waals surface area contributed by atoms with Gasteiger partial charge in [0.25, 0.3) is 5.91 Å². The van der Waals surface area contributed by atoms with E-state index >= 15 is 0 Å². The van der Waals surface area contributed by atoms with Crippen LogP contribution in [0.1, 0.15) is 37.7 Å². The molecule has 3 N–H and O–H groups in total. The summed E-state index contributed by atoms with van der Waals surface area (Å²) in [5.74, 6) is -0.0366.